The lowest BCUT2D eigenvalue weighted by Crippen LogP contribution is -2.50. The Labute approximate surface area is 186 Å². The van der Waals surface area contributed by atoms with Crippen LogP contribution < -0.4 is 10.1 Å². The number of urea groups is 1. The van der Waals surface area contributed by atoms with E-state index in [1.165, 1.54) is 0 Å². The number of carbonyl (C=O) groups is 3. The van der Waals surface area contributed by atoms with Crippen LogP contribution in [0.4, 0.5) is 4.79 Å². The molecule has 2 heterocycles. The zero-order chi connectivity index (χ0) is 22.0. The van der Waals surface area contributed by atoms with Crippen molar-refractivity contribution in [1.82, 2.24) is 15.1 Å². The molecule has 8 heteroatoms. The third kappa shape index (κ3) is 4.04. The average Bonchev–Trinajstić information content (AvgIpc) is 3.50. The fraction of sp³-hybridized carbons (Fsp3) is 0.435. The number of nitrogens with zero attached hydrogens (tertiary/aromatic N) is 2. The molecule has 1 aliphatic carbocycles. The molecule has 1 aromatic heterocycles. The van der Waals surface area contributed by atoms with Crippen molar-refractivity contribution < 1.29 is 19.1 Å². The predicted octanol–water partition coefficient (Wildman–Crippen LogP) is 3.54. The molecule has 0 radical (unpaired) electrons. The number of benzene rings is 1. The summed E-state index contributed by atoms with van der Waals surface area (Å²) in [7, 11) is 1.60. The third-order valence-corrected chi connectivity index (χ3v) is 7.05. The van der Waals surface area contributed by atoms with Crippen LogP contribution in [0.1, 0.15) is 43.0 Å². The van der Waals surface area contributed by atoms with Crippen LogP contribution >= 0.6 is 11.3 Å². The molecule has 1 aliphatic heterocycles. The lowest BCUT2D eigenvalue weighted by molar-refractivity contribution is -0.143. The molecule has 1 aromatic carbocycles. The molecule has 2 fully saturated rings. The van der Waals surface area contributed by atoms with Crippen molar-refractivity contribution in [2.24, 2.45) is 0 Å². The van der Waals surface area contributed by atoms with Crippen LogP contribution in [0.25, 0.3) is 0 Å². The van der Waals surface area contributed by atoms with E-state index in [1.807, 2.05) is 41.8 Å². The number of para-hydroxylation sites is 1. The quantitative estimate of drug-likeness (QED) is 0.667. The summed E-state index contributed by atoms with van der Waals surface area (Å²) in [6, 6.07) is 10.1. The van der Waals surface area contributed by atoms with Crippen molar-refractivity contribution in [2.75, 3.05) is 7.11 Å². The van der Waals surface area contributed by atoms with Crippen molar-refractivity contribution in [3.8, 4) is 5.75 Å². The maximum atomic E-state index is 13.6. The van der Waals surface area contributed by atoms with Crippen LogP contribution in [0, 0.1) is 0 Å². The highest BCUT2D eigenvalue weighted by molar-refractivity contribution is 7.09. The molecule has 4 amide bonds. The number of ether oxygens (including phenoxy) is 1. The van der Waals surface area contributed by atoms with Gasteiger partial charge >= 0.3 is 6.03 Å². The van der Waals surface area contributed by atoms with Crippen LogP contribution in [0.15, 0.2) is 41.8 Å². The fourth-order valence-corrected chi connectivity index (χ4v) is 5.25. The van der Waals surface area contributed by atoms with E-state index in [-0.39, 0.29) is 11.8 Å². The summed E-state index contributed by atoms with van der Waals surface area (Å²) < 4.78 is 5.45. The van der Waals surface area contributed by atoms with E-state index in [0.29, 0.717) is 31.7 Å². The van der Waals surface area contributed by atoms with Gasteiger partial charge in [0.2, 0.25) is 5.91 Å². The fourth-order valence-electron chi connectivity index (χ4n) is 4.53. The normalized spacial score (nSPS) is 18.3. The monoisotopic (exact) mass is 441 g/mol. The molecule has 164 valence electrons. The summed E-state index contributed by atoms with van der Waals surface area (Å²) >= 11 is 1.56. The smallest absolute Gasteiger partial charge is 0.325 e. The minimum Gasteiger partial charge on any atom is -0.496 e. The van der Waals surface area contributed by atoms with Crippen molar-refractivity contribution in [2.45, 2.75) is 57.3 Å². The Morgan fingerprint density at radius 2 is 1.94 bits per heavy atom. The standard InChI is InChI=1S/C23H27N3O4S/c1-16(26-21(28)23(24-22(26)29)11-5-6-12-23)20(27)25(15-18-9-7-13-31-18)14-17-8-3-4-10-19(17)30-2/h3-4,7-10,13,16H,5-6,11-12,14-15H2,1-2H3,(H,24,29). The van der Waals surface area contributed by atoms with Crippen molar-refractivity contribution in [3.05, 3.63) is 52.2 Å². The van der Waals surface area contributed by atoms with Gasteiger partial charge in [-0.25, -0.2) is 9.69 Å². The maximum absolute atomic E-state index is 13.6. The number of nitrogens with one attached hydrogen (secondary N) is 1. The van der Waals surface area contributed by atoms with Gasteiger partial charge in [-0.1, -0.05) is 37.1 Å². The Kier molecular flexibility index (Phi) is 6.00. The number of methoxy groups -OCH3 is 1. The van der Waals surface area contributed by atoms with E-state index in [9.17, 15) is 14.4 Å². The van der Waals surface area contributed by atoms with Gasteiger partial charge in [0.05, 0.1) is 13.7 Å². The first-order valence-corrected chi connectivity index (χ1v) is 11.4. The SMILES string of the molecule is COc1ccccc1CN(Cc1cccs1)C(=O)C(C)N1C(=O)NC2(CCCC2)C1=O. The molecule has 4 rings (SSSR count). The van der Waals surface area contributed by atoms with Crippen molar-refractivity contribution in [1.29, 1.82) is 0 Å². The second kappa shape index (κ2) is 8.70. The highest BCUT2D eigenvalue weighted by Crippen LogP contribution is 2.36. The number of rotatable bonds is 7. The first-order chi connectivity index (χ1) is 14.9. The van der Waals surface area contributed by atoms with E-state index < -0.39 is 17.6 Å². The van der Waals surface area contributed by atoms with Gasteiger partial charge in [0.25, 0.3) is 5.91 Å². The zero-order valence-corrected chi connectivity index (χ0v) is 18.6. The molecule has 1 saturated heterocycles. The van der Waals surface area contributed by atoms with Gasteiger partial charge in [-0.05, 0) is 37.3 Å². The molecular formula is C23H27N3O4S. The van der Waals surface area contributed by atoms with Gasteiger partial charge < -0.3 is 15.0 Å². The van der Waals surface area contributed by atoms with E-state index in [4.69, 9.17) is 4.74 Å². The molecule has 0 bridgehead atoms. The Morgan fingerprint density at radius 1 is 1.19 bits per heavy atom. The number of hydrogen-bond acceptors (Lipinski definition) is 5. The number of thiophene rings is 1. The Morgan fingerprint density at radius 3 is 2.61 bits per heavy atom. The highest BCUT2D eigenvalue weighted by atomic mass is 32.1. The molecule has 7 nitrogen and oxygen atoms in total. The number of amides is 4. The second-order valence-electron chi connectivity index (χ2n) is 8.16. The van der Waals surface area contributed by atoms with Gasteiger partial charge in [0, 0.05) is 17.0 Å². The summed E-state index contributed by atoms with van der Waals surface area (Å²) in [5.41, 5.74) is 0.0407. The molecule has 1 atom stereocenters. The third-order valence-electron chi connectivity index (χ3n) is 6.19. The molecule has 1 saturated carbocycles. The lowest BCUT2D eigenvalue weighted by Gasteiger charge is -2.30. The molecule has 2 aromatic rings. The lowest BCUT2D eigenvalue weighted by atomic mass is 9.97. The molecule has 1 N–H and O–H groups in total. The Hall–Kier alpha value is -2.87. The molecule has 1 unspecified atom stereocenters. The Balaban J connectivity index is 1.59. The first-order valence-electron chi connectivity index (χ1n) is 10.5. The van der Waals surface area contributed by atoms with Crippen LogP contribution in [0.2, 0.25) is 0 Å². The van der Waals surface area contributed by atoms with Crippen LogP contribution in [-0.4, -0.2) is 46.3 Å². The van der Waals surface area contributed by atoms with Gasteiger partial charge in [0.1, 0.15) is 17.3 Å². The summed E-state index contributed by atoms with van der Waals surface area (Å²) in [6.45, 7) is 2.35. The average molecular weight is 442 g/mol. The zero-order valence-electron chi connectivity index (χ0n) is 17.8. The van der Waals surface area contributed by atoms with Gasteiger partial charge in [0.15, 0.2) is 0 Å². The number of carbonyl (C=O) groups excluding carboxylic acids is 3. The maximum Gasteiger partial charge on any atom is 0.325 e. The molecule has 31 heavy (non-hydrogen) atoms. The van der Waals surface area contributed by atoms with Crippen LogP contribution in [0.3, 0.4) is 0 Å². The summed E-state index contributed by atoms with van der Waals surface area (Å²) in [5, 5.41) is 4.83. The largest absolute Gasteiger partial charge is 0.496 e. The van der Waals surface area contributed by atoms with E-state index >= 15 is 0 Å². The minimum atomic E-state index is -0.887. The van der Waals surface area contributed by atoms with Crippen molar-refractivity contribution in [3.63, 3.8) is 0 Å². The van der Waals surface area contributed by atoms with Crippen molar-refractivity contribution >= 4 is 29.2 Å². The molecular weight excluding hydrogens is 414 g/mol. The van der Waals surface area contributed by atoms with E-state index in [1.54, 1.807) is 30.3 Å². The van der Waals surface area contributed by atoms with Crippen LogP contribution in [-0.2, 0) is 22.7 Å². The number of imide groups is 1. The molecule has 1 spiro atoms. The van der Waals surface area contributed by atoms with Gasteiger partial charge in [-0.2, -0.15) is 0 Å². The first kappa shape index (κ1) is 21.4. The second-order valence-corrected chi connectivity index (χ2v) is 9.19. The summed E-state index contributed by atoms with van der Waals surface area (Å²) in [4.78, 5) is 43.2. The van der Waals surface area contributed by atoms with Gasteiger partial charge in [-0.3, -0.25) is 9.59 Å². The summed E-state index contributed by atoms with van der Waals surface area (Å²) in [5.74, 6) is 0.154. The van der Waals surface area contributed by atoms with Gasteiger partial charge in [-0.15, -0.1) is 11.3 Å². The molecule has 2 aliphatic rings. The Bertz CT molecular complexity index is 969. The topological polar surface area (TPSA) is 79.0 Å². The van der Waals surface area contributed by atoms with E-state index in [0.717, 1.165) is 28.2 Å². The van der Waals surface area contributed by atoms with Crippen LogP contribution in [0.5, 0.6) is 5.75 Å². The predicted molar refractivity (Wildman–Crippen MR) is 118 cm³/mol. The minimum absolute atomic E-state index is 0.266. The summed E-state index contributed by atoms with van der Waals surface area (Å²) in [6.07, 6.45) is 3.07. The number of hydrogen-bond donors (Lipinski definition) is 1. The van der Waals surface area contributed by atoms with E-state index in [2.05, 4.69) is 5.32 Å². The highest BCUT2D eigenvalue weighted by Gasteiger charge is 2.54.